The quantitative estimate of drug-likeness (QED) is 0.0771. The van der Waals surface area contributed by atoms with Gasteiger partial charge in [-0.15, -0.1) is 0 Å². The summed E-state index contributed by atoms with van der Waals surface area (Å²) in [7, 11) is 0. The lowest BCUT2D eigenvalue weighted by Gasteiger charge is -2.56. The van der Waals surface area contributed by atoms with Gasteiger partial charge in [0.1, 0.15) is 47.3 Å². The third kappa shape index (κ3) is 17.1. The number of benzene rings is 1. The molecular weight excluding hydrogens is 1020 g/mol. The molecule has 18 nitrogen and oxygen atoms in total. The molecule has 0 aliphatic carbocycles. The molecule has 79 heavy (non-hydrogen) atoms. The molecule has 1 aromatic rings. The Morgan fingerprint density at radius 1 is 0.949 bits per heavy atom. The number of Topliss-reactive ketones (excluding diaryl/α,β-unsaturated/α-hetero) is 1. The summed E-state index contributed by atoms with van der Waals surface area (Å²) in [5.41, 5.74) is 2.81. The van der Waals surface area contributed by atoms with E-state index in [4.69, 9.17) is 9.47 Å². The van der Waals surface area contributed by atoms with Gasteiger partial charge in [0.05, 0.1) is 36.4 Å². The Kier molecular flexibility index (Phi) is 24.0. The summed E-state index contributed by atoms with van der Waals surface area (Å²) < 4.78 is 27.5. The van der Waals surface area contributed by atoms with E-state index >= 15 is 0 Å². The van der Waals surface area contributed by atoms with E-state index in [-0.39, 0.29) is 85.5 Å². The molecule has 2 bridgehead atoms. The molecule has 9 N–H and O–H groups in total. The second kappa shape index (κ2) is 29.4. The Balaban J connectivity index is 1.36. The topological polar surface area (TPSA) is 273 Å². The van der Waals surface area contributed by atoms with E-state index in [1.54, 1.807) is 39.0 Å². The molecule has 4 aliphatic heterocycles. The molecule has 0 radical (unpaired) electrons. The number of nitrogens with one attached hydrogen (secondary N) is 4. The molecule has 1 spiro atoms. The maximum atomic E-state index is 14.6. The maximum Gasteiger partial charge on any atom is 0.325 e. The number of hydrogen-bond donors (Lipinski definition) is 9. The van der Waals surface area contributed by atoms with Crippen LogP contribution in [0.2, 0.25) is 0 Å². The molecule has 1 aromatic carbocycles. The van der Waals surface area contributed by atoms with Crippen LogP contribution in [0.4, 0.5) is 4.39 Å². The maximum absolute atomic E-state index is 14.6. The van der Waals surface area contributed by atoms with Crippen molar-refractivity contribution in [3.8, 4) is 5.75 Å². The highest BCUT2D eigenvalue weighted by molar-refractivity contribution is 5.93. The molecule has 19 heteroatoms. The van der Waals surface area contributed by atoms with Crippen molar-refractivity contribution >= 4 is 35.4 Å². The number of fused-ring (bicyclic) bond motifs is 2. The number of carbonyl (C=O) groups is 6. The number of rotatable bonds is 15. The smallest absolute Gasteiger partial charge is 0.325 e. The van der Waals surface area contributed by atoms with Crippen LogP contribution in [0.25, 0.3) is 0 Å². The van der Waals surface area contributed by atoms with Gasteiger partial charge in [-0.1, -0.05) is 97.9 Å². The molecule has 1 unspecified atom stereocenters. The van der Waals surface area contributed by atoms with Crippen molar-refractivity contribution in [1.82, 2.24) is 26.4 Å². The fraction of sp³-hybridized carbons (Fsp3) is 0.667. The van der Waals surface area contributed by atoms with Crippen molar-refractivity contribution < 1.29 is 68.2 Å². The van der Waals surface area contributed by atoms with Crippen LogP contribution < -0.4 is 21.4 Å². The number of allylic oxidation sites excluding steroid dienone is 5. The van der Waals surface area contributed by atoms with Gasteiger partial charge in [-0.25, -0.2) is 9.82 Å². The molecule has 4 aliphatic rings. The number of aliphatic hydroxyl groups excluding tert-OH is 4. The van der Waals surface area contributed by atoms with E-state index < -0.39 is 113 Å². The van der Waals surface area contributed by atoms with Gasteiger partial charge >= 0.3 is 5.97 Å². The Bertz CT molecular complexity index is 2380. The highest BCUT2D eigenvalue weighted by Crippen LogP contribution is 2.46. The number of phenols is 1. The summed E-state index contributed by atoms with van der Waals surface area (Å²) in [5, 5.41) is 65.7. The number of carbonyl (C=O) groups excluding carboxylic acids is 6. The SMILES string of the molecule is CC[C@H]1C[C@H](C)[C@@]2(NC1=O)O[C@@H](C[C@H](O)[C@@H](C)CC/C=C/C=C(\C)[C@@H]1C/C=C/C=C/[C@H](O)[C@H](C)[C@@H](O)[C@@H](CCC(C)=O)C(=O)N[C@@H](C(C)C)C(=O)N[C@@H](Cc3cc(O)cc(F)c3)C(=O)N3CCCC(N3)C(=O)O1)[C@H](C)[C@H](O)[C@@H]2C. The number of hydrogen-bond acceptors (Lipinski definition) is 14. The number of aliphatic hydroxyl groups is 4. The normalized spacial score (nSPS) is 34.7. The molecule has 4 amide bonds. The molecule has 0 aromatic heterocycles. The van der Waals surface area contributed by atoms with Gasteiger partial charge in [0.25, 0.3) is 5.91 Å². The number of phenolic OH excluding ortho intramolecular Hbond substituents is 1. The average molecular weight is 1110 g/mol. The van der Waals surface area contributed by atoms with Crippen LogP contribution in [-0.2, 0) is 44.7 Å². The Labute approximate surface area is 466 Å². The summed E-state index contributed by atoms with van der Waals surface area (Å²) >= 11 is 0. The van der Waals surface area contributed by atoms with E-state index in [1.807, 2.05) is 59.8 Å². The number of piperidine rings is 1. The van der Waals surface area contributed by atoms with Crippen LogP contribution in [0.3, 0.4) is 0 Å². The molecule has 0 saturated carbocycles. The first-order valence-electron chi connectivity index (χ1n) is 28.5. The van der Waals surface area contributed by atoms with Crippen molar-refractivity contribution in [2.45, 2.75) is 200 Å². The largest absolute Gasteiger partial charge is 0.508 e. The minimum Gasteiger partial charge on any atom is -0.508 e. The van der Waals surface area contributed by atoms with Crippen LogP contribution in [0.5, 0.6) is 5.75 Å². The Morgan fingerprint density at radius 2 is 1.67 bits per heavy atom. The van der Waals surface area contributed by atoms with E-state index in [2.05, 4.69) is 21.4 Å². The lowest BCUT2D eigenvalue weighted by molar-refractivity contribution is -0.267. The molecule has 3 fully saturated rings. The second-order valence-electron chi connectivity index (χ2n) is 23.3. The Morgan fingerprint density at radius 3 is 2.34 bits per heavy atom. The summed E-state index contributed by atoms with van der Waals surface area (Å²) in [6, 6.07) is -0.408. The van der Waals surface area contributed by atoms with Crippen LogP contribution in [0.15, 0.2) is 66.3 Å². The van der Waals surface area contributed by atoms with Crippen molar-refractivity contribution in [1.29, 1.82) is 0 Å². The third-order valence-corrected chi connectivity index (χ3v) is 16.9. The first-order valence-corrected chi connectivity index (χ1v) is 28.5. The molecule has 3 saturated heterocycles. The number of halogens is 1. The Hall–Kier alpha value is -5.31. The zero-order valence-corrected chi connectivity index (χ0v) is 47.9. The number of aromatic hydroxyl groups is 1. The average Bonchev–Trinajstić information content (AvgIpc) is 3.45. The lowest BCUT2D eigenvalue weighted by Crippen LogP contribution is -2.71. The predicted octanol–water partition coefficient (Wildman–Crippen LogP) is 5.55. The van der Waals surface area contributed by atoms with Gasteiger partial charge in [-0.05, 0) is 93.9 Å². The minimum atomic E-state index is -1.47. The second-order valence-corrected chi connectivity index (χ2v) is 23.3. The van der Waals surface area contributed by atoms with Crippen molar-refractivity contribution in [2.75, 3.05) is 6.54 Å². The first-order chi connectivity index (χ1) is 37.3. The van der Waals surface area contributed by atoms with Crippen molar-refractivity contribution in [3.05, 3.63) is 77.7 Å². The van der Waals surface area contributed by atoms with Gasteiger partial charge in [-0.3, -0.25) is 29.0 Å². The zero-order valence-electron chi connectivity index (χ0n) is 47.9. The highest BCUT2D eigenvalue weighted by atomic mass is 19.1. The number of cyclic esters (lactones) is 1. The van der Waals surface area contributed by atoms with Crippen LogP contribution in [-0.4, -0.2) is 133 Å². The van der Waals surface area contributed by atoms with Crippen LogP contribution >= 0.6 is 0 Å². The van der Waals surface area contributed by atoms with E-state index in [0.717, 1.165) is 12.1 Å². The van der Waals surface area contributed by atoms with Gasteiger partial charge in [0.15, 0.2) is 0 Å². The summed E-state index contributed by atoms with van der Waals surface area (Å²) in [5.74, 6) is -8.00. The van der Waals surface area contributed by atoms with E-state index in [0.29, 0.717) is 44.1 Å². The zero-order chi connectivity index (χ0) is 58.5. The number of esters is 1. The molecular formula is C60H90FN5O13. The fourth-order valence-electron chi connectivity index (χ4n) is 11.4. The first kappa shape index (κ1) is 64.5. The van der Waals surface area contributed by atoms with Gasteiger partial charge in [-0.2, -0.15) is 0 Å². The monoisotopic (exact) mass is 1110 g/mol. The van der Waals surface area contributed by atoms with Crippen molar-refractivity contribution in [3.63, 3.8) is 0 Å². The van der Waals surface area contributed by atoms with Crippen LogP contribution in [0.1, 0.15) is 139 Å². The number of nitrogens with zero attached hydrogens (tertiary/aromatic N) is 1. The lowest BCUT2D eigenvalue weighted by atomic mass is 9.69. The van der Waals surface area contributed by atoms with E-state index in [1.165, 1.54) is 24.1 Å². The molecule has 4 heterocycles. The highest BCUT2D eigenvalue weighted by Gasteiger charge is 2.57. The fourth-order valence-corrected chi connectivity index (χ4v) is 11.4. The number of hydrazine groups is 1. The number of ketones is 1. The number of amides is 4. The minimum absolute atomic E-state index is 0.0347. The van der Waals surface area contributed by atoms with Gasteiger partial charge in [0, 0.05) is 67.9 Å². The van der Waals surface area contributed by atoms with Crippen LogP contribution in [0, 0.1) is 53.2 Å². The van der Waals surface area contributed by atoms with Gasteiger partial charge in [0.2, 0.25) is 17.7 Å². The van der Waals surface area contributed by atoms with Crippen molar-refractivity contribution in [2.24, 2.45) is 47.3 Å². The molecule has 440 valence electrons. The molecule has 17 atom stereocenters. The predicted molar refractivity (Wildman–Crippen MR) is 295 cm³/mol. The number of ether oxygens (including phenoxy) is 2. The standard InChI is InChI=1S/C60H90FN5O13/c1-11-42-27-36(6)60(64-55(42)73)40(10)53(71)39(9)51(79-60)32-49(70)34(4)19-14-12-15-20-35(5)50-23-17-13-16-22-48(69)38(8)54(72)45(25-24-37(7)67)56(74)63-52(33(2)3)57(75)62-47(30-41-28-43(61)31-44(68)29-41)58(76)66-26-18-21-46(65-66)59(77)78-50/h12-13,15-17,20,22,28-29,31,33-34,36,38-40,42,45-54,65,68-72H,11,14,18-19,21,23-27,30,32H2,1-10H3,(H,62,75)(H,63,74)(H,64,73)/b15-12+,17-13+,22-16+,35-20+/t34-,36-,38-,39-,40-,42-,45+,46?,47-,48-,49-,50-,51-,52-,53-,54+,60+/m0/s1. The summed E-state index contributed by atoms with van der Waals surface area (Å²) in [6.45, 7) is 18.0. The third-order valence-electron chi connectivity index (χ3n) is 16.9. The summed E-state index contributed by atoms with van der Waals surface area (Å²) in [4.78, 5) is 82.2. The van der Waals surface area contributed by atoms with Gasteiger partial charge < -0.3 is 55.8 Å². The molecule has 5 rings (SSSR count). The summed E-state index contributed by atoms with van der Waals surface area (Å²) in [6.07, 6.45) is 9.81. The van der Waals surface area contributed by atoms with E-state index in [9.17, 15) is 58.7 Å².